The molecule has 0 radical (unpaired) electrons. The second kappa shape index (κ2) is 6.13. The number of aromatic nitrogens is 2. The molecule has 2 aromatic rings. The first-order chi connectivity index (χ1) is 10.6. The molecule has 0 spiro atoms. The Balaban J connectivity index is 1.67. The lowest BCUT2D eigenvalue weighted by molar-refractivity contribution is 0.0745. The molecule has 1 aromatic heterocycles. The van der Waals surface area contributed by atoms with E-state index < -0.39 is 0 Å². The van der Waals surface area contributed by atoms with Crippen LogP contribution in [0.25, 0.3) is 0 Å². The molecule has 22 heavy (non-hydrogen) atoms. The van der Waals surface area contributed by atoms with Crippen molar-refractivity contribution in [1.82, 2.24) is 14.9 Å². The summed E-state index contributed by atoms with van der Waals surface area (Å²) in [4.78, 5) is 25.2. The van der Waals surface area contributed by atoms with Crippen LogP contribution in [0.1, 0.15) is 21.9 Å². The van der Waals surface area contributed by atoms with Gasteiger partial charge in [-0.1, -0.05) is 18.2 Å². The molecule has 1 amide bonds. The summed E-state index contributed by atoms with van der Waals surface area (Å²) in [6.07, 6.45) is 1.64. The molecule has 1 fully saturated rings. The zero-order chi connectivity index (χ0) is 15.5. The molecule has 1 aromatic carbocycles. The van der Waals surface area contributed by atoms with Gasteiger partial charge in [-0.15, -0.1) is 0 Å². The predicted octanol–water partition coefficient (Wildman–Crippen LogP) is 2.06. The van der Waals surface area contributed by atoms with E-state index in [-0.39, 0.29) is 5.91 Å². The van der Waals surface area contributed by atoms with Crippen molar-refractivity contribution < 1.29 is 4.79 Å². The molecule has 0 N–H and O–H groups in total. The summed E-state index contributed by atoms with van der Waals surface area (Å²) < 4.78 is 0. The molecular weight excluding hydrogens is 276 g/mol. The summed E-state index contributed by atoms with van der Waals surface area (Å²) in [5.74, 6) is 0.730. The number of amides is 1. The molecular formula is C17H20N4O. The molecule has 2 heterocycles. The fourth-order valence-electron chi connectivity index (χ4n) is 2.77. The third kappa shape index (κ3) is 2.93. The van der Waals surface area contributed by atoms with Gasteiger partial charge < -0.3 is 9.80 Å². The maximum absolute atomic E-state index is 12.6. The highest BCUT2D eigenvalue weighted by atomic mass is 16.2. The molecule has 1 saturated heterocycles. The number of carbonyl (C=O) groups is 1. The van der Waals surface area contributed by atoms with Crippen molar-refractivity contribution in [2.24, 2.45) is 0 Å². The Morgan fingerprint density at radius 1 is 1.05 bits per heavy atom. The summed E-state index contributed by atoms with van der Waals surface area (Å²) in [7, 11) is 0. The molecule has 0 bridgehead atoms. The lowest BCUT2D eigenvalue weighted by Gasteiger charge is -2.36. The van der Waals surface area contributed by atoms with E-state index in [1.165, 1.54) is 5.69 Å². The number of piperazine rings is 1. The summed E-state index contributed by atoms with van der Waals surface area (Å²) >= 11 is 0. The monoisotopic (exact) mass is 296 g/mol. The van der Waals surface area contributed by atoms with Crippen molar-refractivity contribution in [1.29, 1.82) is 0 Å². The third-order valence-electron chi connectivity index (χ3n) is 4.02. The minimum absolute atomic E-state index is 0.0326. The number of aryl methyl sites for hydroxylation is 2. The van der Waals surface area contributed by atoms with Crippen LogP contribution in [-0.2, 0) is 0 Å². The van der Waals surface area contributed by atoms with Crippen LogP contribution >= 0.6 is 0 Å². The average Bonchev–Trinajstić information content (AvgIpc) is 2.55. The standard InChI is InChI=1S/C17H20N4O/c1-13-16(12-18-14(2)19-13)17(22)21-10-8-20(9-11-21)15-6-4-3-5-7-15/h3-7,12H,8-11H2,1-2H3. The number of nitrogens with zero attached hydrogens (tertiary/aromatic N) is 4. The minimum atomic E-state index is 0.0326. The Morgan fingerprint density at radius 2 is 1.73 bits per heavy atom. The van der Waals surface area contributed by atoms with E-state index >= 15 is 0 Å². The van der Waals surface area contributed by atoms with Crippen molar-refractivity contribution >= 4 is 11.6 Å². The van der Waals surface area contributed by atoms with E-state index in [0.29, 0.717) is 11.4 Å². The van der Waals surface area contributed by atoms with Gasteiger partial charge in [-0.05, 0) is 26.0 Å². The smallest absolute Gasteiger partial charge is 0.257 e. The molecule has 3 rings (SSSR count). The van der Waals surface area contributed by atoms with Crippen molar-refractivity contribution in [3.05, 3.63) is 53.6 Å². The van der Waals surface area contributed by atoms with E-state index in [1.54, 1.807) is 6.20 Å². The van der Waals surface area contributed by atoms with Crippen LogP contribution in [0.5, 0.6) is 0 Å². The van der Waals surface area contributed by atoms with Crippen LogP contribution in [-0.4, -0.2) is 47.0 Å². The highest BCUT2D eigenvalue weighted by Crippen LogP contribution is 2.17. The minimum Gasteiger partial charge on any atom is -0.368 e. The fraction of sp³-hybridized carbons (Fsp3) is 0.353. The lowest BCUT2D eigenvalue weighted by atomic mass is 10.2. The number of benzene rings is 1. The van der Waals surface area contributed by atoms with Crippen LogP contribution < -0.4 is 4.90 Å². The first-order valence-electron chi connectivity index (χ1n) is 7.54. The van der Waals surface area contributed by atoms with Crippen LogP contribution in [0.15, 0.2) is 36.5 Å². The molecule has 0 atom stereocenters. The Hall–Kier alpha value is -2.43. The van der Waals surface area contributed by atoms with Gasteiger partial charge in [-0.25, -0.2) is 9.97 Å². The van der Waals surface area contributed by atoms with E-state index in [2.05, 4.69) is 27.0 Å². The molecule has 0 saturated carbocycles. The van der Waals surface area contributed by atoms with Crippen LogP contribution in [0, 0.1) is 13.8 Å². The molecule has 1 aliphatic heterocycles. The topological polar surface area (TPSA) is 49.3 Å². The number of carbonyl (C=O) groups excluding carboxylic acids is 1. The SMILES string of the molecule is Cc1ncc(C(=O)N2CCN(c3ccccc3)CC2)c(C)n1. The quantitative estimate of drug-likeness (QED) is 0.851. The van der Waals surface area contributed by atoms with E-state index in [0.717, 1.165) is 31.9 Å². The van der Waals surface area contributed by atoms with Crippen molar-refractivity contribution in [3.8, 4) is 0 Å². The van der Waals surface area contributed by atoms with Gasteiger partial charge in [0.05, 0.1) is 11.3 Å². The Labute approximate surface area is 130 Å². The average molecular weight is 296 g/mol. The summed E-state index contributed by atoms with van der Waals surface area (Å²) in [6.45, 7) is 6.84. The van der Waals surface area contributed by atoms with Gasteiger partial charge in [0.1, 0.15) is 5.82 Å². The zero-order valence-corrected chi connectivity index (χ0v) is 13.0. The number of anilines is 1. The molecule has 0 unspecified atom stereocenters. The maximum Gasteiger partial charge on any atom is 0.257 e. The van der Waals surface area contributed by atoms with Crippen molar-refractivity contribution in [2.45, 2.75) is 13.8 Å². The number of hydrogen-bond donors (Lipinski definition) is 0. The second-order valence-corrected chi connectivity index (χ2v) is 5.53. The largest absolute Gasteiger partial charge is 0.368 e. The van der Waals surface area contributed by atoms with Gasteiger partial charge in [-0.3, -0.25) is 4.79 Å². The summed E-state index contributed by atoms with van der Waals surface area (Å²) in [5.41, 5.74) is 2.58. The van der Waals surface area contributed by atoms with Gasteiger partial charge in [0.25, 0.3) is 5.91 Å². The van der Waals surface area contributed by atoms with Gasteiger partial charge in [-0.2, -0.15) is 0 Å². The van der Waals surface area contributed by atoms with Crippen molar-refractivity contribution in [3.63, 3.8) is 0 Å². The normalized spacial score (nSPS) is 15.0. The van der Waals surface area contributed by atoms with E-state index in [4.69, 9.17) is 0 Å². The van der Waals surface area contributed by atoms with Gasteiger partial charge in [0.2, 0.25) is 0 Å². The lowest BCUT2D eigenvalue weighted by Crippen LogP contribution is -2.49. The van der Waals surface area contributed by atoms with Gasteiger partial charge in [0, 0.05) is 38.1 Å². The third-order valence-corrected chi connectivity index (χ3v) is 4.02. The fourth-order valence-corrected chi connectivity index (χ4v) is 2.77. The van der Waals surface area contributed by atoms with Crippen molar-refractivity contribution in [2.75, 3.05) is 31.1 Å². The van der Waals surface area contributed by atoms with E-state index in [1.807, 2.05) is 36.9 Å². The molecule has 1 aliphatic rings. The summed E-state index contributed by atoms with van der Waals surface area (Å²) in [6, 6.07) is 10.3. The van der Waals surface area contributed by atoms with Crippen LogP contribution in [0.4, 0.5) is 5.69 Å². The van der Waals surface area contributed by atoms with Gasteiger partial charge >= 0.3 is 0 Å². The highest BCUT2D eigenvalue weighted by molar-refractivity contribution is 5.95. The maximum atomic E-state index is 12.6. The second-order valence-electron chi connectivity index (χ2n) is 5.53. The molecule has 5 nitrogen and oxygen atoms in total. The number of hydrogen-bond acceptors (Lipinski definition) is 4. The zero-order valence-electron chi connectivity index (χ0n) is 13.0. The number of rotatable bonds is 2. The van der Waals surface area contributed by atoms with Crippen LogP contribution in [0.2, 0.25) is 0 Å². The summed E-state index contributed by atoms with van der Waals surface area (Å²) in [5, 5.41) is 0. The first-order valence-corrected chi connectivity index (χ1v) is 7.54. The van der Waals surface area contributed by atoms with Gasteiger partial charge in [0.15, 0.2) is 0 Å². The Morgan fingerprint density at radius 3 is 2.36 bits per heavy atom. The Bertz CT molecular complexity index is 664. The predicted molar refractivity (Wildman–Crippen MR) is 86.1 cm³/mol. The molecule has 5 heteroatoms. The van der Waals surface area contributed by atoms with E-state index in [9.17, 15) is 4.79 Å². The highest BCUT2D eigenvalue weighted by Gasteiger charge is 2.23. The Kier molecular flexibility index (Phi) is 4.04. The number of para-hydroxylation sites is 1. The molecule has 114 valence electrons. The molecule has 0 aliphatic carbocycles. The van der Waals surface area contributed by atoms with Crippen LogP contribution in [0.3, 0.4) is 0 Å². The first kappa shape index (κ1) is 14.5.